The molecule has 0 aromatic heterocycles. The van der Waals surface area contributed by atoms with E-state index in [4.69, 9.17) is 9.47 Å². The zero-order valence-electron chi connectivity index (χ0n) is 31.8. The van der Waals surface area contributed by atoms with Crippen molar-refractivity contribution in [3.63, 3.8) is 0 Å². The monoisotopic (exact) mass is 678 g/mol. The first kappa shape index (κ1) is 47.0. The summed E-state index contributed by atoms with van der Waals surface area (Å²) in [7, 11) is 0. The van der Waals surface area contributed by atoms with Crippen LogP contribution in [0.4, 0.5) is 0 Å². The van der Waals surface area contributed by atoms with Gasteiger partial charge in [0.25, 0.3) is 0 Å². The van der Waals surface area contributed by atoms with Crippen LogP contribution in [-0.4, -0.2) is 47.3 Å². The third-order valence-electron chi connectivity index (χ3n) is 9.62. The molecule has 0 saturated carbocycles. The van der Waals surface area contributed by atoms with Gasteiger partial charge in [0.05, 0.1) is 37.2 Å². The second-order valence-corrected chi connectivity index (χ2v) is 14.3. The number of hydrogen-bond donors (Lipinski definition) is 2. The van der Waals surface area contributed by atoms with Crippen molar-refractivity contribution in [2.24, 2.45) is 45.8 Å². The highest BCUT2D eigenvalue weighted by Crippen LogP contribution is 2.51. The van der Waals surface area contributed by atoms with Crippen LogP contribution in [0, 0.1) is 68.5 Å². The summed E-state index contributed by atoms with van der Waals surface area (Å²) < 4.78 is 10.7. The molecule has 0 aliphatic rings. The summed E-state index contributed by atoms with van der Waals surface area (Å²) in [4.78, 5) is 49.5. The zero-order chi connectivity index (χ0) is 37.7. The van der Waals surface area contributed by atoms with Crippen LogP contribution in [0.25, 0.3) is 0 Å². The Balaban J connectivity index is 0. The van der Waals surface area contributed by atoms with Gasteiger partial charge in [-0.3, -0.25) is 19.2 Å². The van der Waals surface area contributed by atoms with Crippen molar-refractivity contribution in [2.45, 2.75) is 147 Å². The summed E-state index contributed by atoms with van der Waals surface area (Å²) >= 11 is 0. The lowest BCUT2D eigenvalue weighted by Crippen LogP contribution is -2.52. The molecule has 0 aliphatic heterocycles. The number of hydrogen-bond acceptors (Lipinski definition) is 8. The Morgan fingerprint density at radius 3 is 1.46 bits per heavy atom. The van der Waals surface area contributed by atoms with Gasteiger partial charge in [-0.05, 0) is 48.9 Å². The molecule has 0 fully saturated rings. The zero-order valence-corrected chi connectivity index (χ0v) is 31.8. The number of nitrogens with zero attached hydrogens (tertiary/aromatic N) is 2. The molecule has 5 atom stereocenters. The van der Waals surface area contributed by atoms with Gasteiger partial charge >= 0.3 is 23.9 Å². The number of esters is 2. The molecule has 0 radical (unpaired) electrons. The molecule has 0 aliphatic carbocycles. The number of carbonyl (C=O) groups excluding carboxylic acids is 2. The smallest absolute Gasteiger partial charge is 0.327 e. The fourth-order valence-electron chi connectivity index (χ4n) is 6.55. The number of rotatable bonds is 23. The number of carbonyl (C=O) groups is 4. The van der Waals surface area contributed by atoms with Crippen LogP contribution in [0.15, 0.2) is 0 Å². The molecule has 276 valence electrons. The van der Waals surface area contributed by atoms with Crippen molar-refractivity contribution in [1.82, 2.24) is 0 Å². The molecule has 0 aromatic carbocycles. The summed E-state index contributed by atoms with van der Waals surface area (Å²) in [6.07, 6.45) is 9.10. The minimum atomic E-state index is -1.92. The molecule has 10 nitrogen and oxygen atoms in total. The lowest BCUT2D eigenvalue weighted by atomic mass is 9.56. The first-order valence-corrected chi connectivity index (χ1v) is 18.1. The summed E-state index contributed by atoms with van der Waals surface area (Å²) in [5.41, 5.74) is -4.15. The number of nitriles is 2. The van der Waals surface area contributed by atoms with Gasteiger partial charge in [-0.1, -0.05) is 121 Å². The highest BCUT2D eigenvalue weighted by molar-refractivity contribution is 5.88. The van der Waals surface area contributed by atoms with Crippen molar-refractivity contribution < 1.29 is 38.9 Å². The fraction of sp³-hybridized carbons (Fsp3) is 0.842. The van der Waals surface area contributed by atoms with E-state index in [0.717, 1.165) is 57.8 Å². The van der Waals surface area contributed by atoms with Crippen LogP contribution in [0.3, 0.4) is 0 Å². The number of unbranched alkanes of at least 4 members (excludes halogenated alkanes) is 5. The minimum Gasteiger partial charge on any atom is -0.481 e. The van der Waals surface area contributed by atoms with Crippen molar-refractivity contribution in [1.29, 1.82) is 10.5 Å². The predicted molar refractivity (Wildman–Crippen MR) is 186 cm³/mol. The van der Waals surface area contributed by atoms with E-state index in [1.807, 2.05) is 47.6 Å². The van der Waals surface area contributed by atoms with Gasteiger partial charge in [-0.15, -0.1) is 0 Å². The van der Waals surface area contributed by atoms with Crippen molar-refractivity contribution >= 4 is 23.9 Å². The number of carboxylic acid groups (broad SMARTS) is 2. The molecule has 0 saturated heterocycles. The maximum atomic E-state index is 12.7. The van der Waals surface area contributed by atoms with Gasteiger partial charge in [-0.25, -0.2) is 0 Å². The second kappa shape index (κ2) is 23.3. The Morgan fingerprint density at radius 2 is 1.10 bits per heavy atom. The molecule has 0 spiro atoms. The third kappa shape index (κ3) is 12.4. The van der Waals surface area contributed by atoms with E-state index < -0.39 is 57.9 Å². The van der Waals surface area contributed by atoms with Crippen molar-refractivity contribution in [3.05, 3.63) is 0 Å². The molecule has 0 bridgehead atoms. The Kier molecular flexibility index (Phi) is 22.8. The standard InChI is InChI=1S/2C19H33NO4/c1-7-9-11-23-17(21)16(14(3)4)19(13-20,15(5)6)18(22)24-12-10-8-2;1-6-8-10-12-18(5,11-9-7-2)15(16(21)22)19(13-20,14(3)4)17(23)24/h14-16H,7-12H2,1-6H3;14-15H,6-12H2,1-5H3,(H,21,22)(H,23,24). The maximum absolute atomic E-state index is 12.7. The van der Waals surface area contributed by atoms with Gasteiger partial charge in [0, 0.05) is 0 Å². The maximum Gasteiger partial charge on any atom is 0.327 e. The van der Waals surface area contributed by atoms with Gasteiger partial charge in [0.2, 0.25) is 0 Å². The Hall–Kier alpha value is -3.14. The van der Waals surface area contributed by atoms with E-state index in [1.54, 1.807) is 27.7 Å². The van der Waals surface area contributed by atoms with Crippen molar-refractivity contribution in [2.75, 3.05) is 13.2 Å². The van der Waals surface area contributed by atoms with E-state index >= 15 is 0 Å². The van der Waals surface area contributed by atoms with E-state index in [9.17, 15) is 39.9 Å². The van der Waals surface area contributed by atoms with E-state index in [2.05, 4.69) is 13.0 Å². The lowest BCUT2D eigenvalue weighted by molar-refractivity contribution is -0.171. The number of carboxylic acids is 2. The first-order chi connectivity index (χ1) is 22.4. The molecule has 0 aromatic rings. The van der Waals surface area contributed by atoms with Crippen molar-refractivity contribution in [3.8, 4) is 12.1 Å². The van der Waals surface area contributed by atoms with Crippen LogP contribution < -0.4 is 0 Å². The van der Waals surface area contributed by atoms with Crippen LogP contribution in [0.2, 0.25) is 0 Å². The molecule has 10 heteroatoms. The SMILES string of the molecule is CCCCCC(C)(CCCC)C(C(=O)O)C(C#N)(C(=O)O)C(C)C.CCCCOC(=O)C(C(C)C)C(C#N)(C(=O)OCCCC)C(C)C. The highest BCUT2D eigenvalue weighted by atomic mass is 16.5. The Morgan fingerprint density at radius 1 is 0.667 bits per heavy atom. The quantitative estimate of drug-likeness (QED) is 0.0784. The summed E-state index contributed by atoms with van der Waals surface area (Å²) in [5.74, 6) is -6.82. The normalized spacial score (nSPS) is 16.2. The topological polar surface area (TPSA) is 175 Å². The van der Waals surface area contributed by atoms with Crippen LogP contribution in [0.1, 0.15) is 147 Å². The van der Waals surface area contributed by atoms with Gasteiger partial charge in [0.1, 0.15) is 0 Å². The molecular weight excluding hydrogens is 612 g/mol. The largest absolute Gasteiger partial charge is 0.481 e. The van der Waals surface area contributed by atoms with Crippen LogP contribution in [0.5, 0.6) is 0 Å². The molecule has 2 N–H and O–H groups in total. The fourth-order valence-corrected chi connectivity index (χ4v) is 6.55. The Labute approximate surface area is 290 Å². The second-order valence-electron chi connectivity index (χ2n) is 14.3. The van der Waals surface area contributed by atoms with E-state index in [-0.39, 0.29) is 18.4 Å². The average molecular weight is 679 g/mol. The molecule has 0 heterocycles. The third-order valence-corrected chi connectivity index (χ3v) is 9.62. The van der Waals surface area contributed by atoms with E-state index in [1.165, 1.54) is 0 Å². The minimum absolute atomic E-state index is 0.208. The first-order valence-electron chi connectivity index (χ1n) is 18.1. The lowest BCUT2D eigenvalue weighted by Gasteiger charge is -2.44. The molecule has 0 amide bonds. The molecular formula is C38H66N2O8. The Bertz CT molecular complexity index is 1060. The molecule has 0 rings (SSSR count). The van der Waals surface area contributed by atoms with Crippen LogP contribution >= 0.6 is 0 Å². The molecule has 48 heavy (non-hydrogen) atoms. The average Bonchev–Trinajstić information content (AvgIpc) is 3.00. The summed E-state index contributed by atoms with van der Waals surface area (Å²) in [5, 5.41) is 39.3. The molecule has 5 unspecified atom stereocenters. The predicted octanol–water partition coefficient (Wildman–Crippen LogP) is 8.83. The van der Waals surface area contributed by atoms with E-state index in [0.29, 0.717) is 19.4 Å². The number of aliphatic carboxylic acids is 2. The van der Waals surface area contributed by atoms with Gasteiger partial charge < -0.3 is 19.7 Å². The van der Waals surface area contributed by atoms with Crippen LogP contribution in [-0.2, 0) is 28.7 Å². The summed E-state index contributed by atoms with van der Waals surface area (Å²) in [6.45, 7) is 21.0. The van der Waals surface area contributed by atoms with Gasteiger partial charge in [-0.2, -0.15) is 10.5 Å². The number of ether oxygens (including phenoxy) is 2. The highest BCUT2D eigenvalue weighted by Gasteiger charge is 2.59. The van der Waals surface area contributed by atoms with Gasteiger partial charge in [0.15, 0.2) is 10.8 Å². The summed E-state index contributed by atoms with van der Waals surface area (Å²) in [6, 6.07) is 4.01.